The summed E-state index contributed by atoms with van der Waals surface area (Å²) in [5, 5.41) is 11.5. The van der Waals surface area contributed by atoms with Crippen LogP contribution in [0.2, 0.25) is 0 Å². The van der Waals surface area contributed by atoms with Gasteiger partial charge in [-0.3, -0.25) is 0 Å². The van der Waals surface area contributed by atoms with Gasteiger partial charge in [-0.1, -0.05) is 46.0 Å². The molecule has 1 nitrogen and oxygen atoms in total. The first-order valence-electron chi connectivity index (χ1n) is 4.91. The Balaban J connectivity index is 0.000000378. The molecule has 0 spiro atoms. The van der Waals surface area contributed by atoms with E-state index in [2.05, 4.69) is 6.92 Å². The minimum atomic E-state index is -0.445. The van der Waals surface area contributed by atoms with Crippen molar-refractivity contribution in [3.05, 3.63) is 0 Å². The van der Waals surface area contributed by atoms with Gasteiger partial charge in [0.25, 0.3) is 0 Å². The summed E-state index contributed by atoms with van der Waals surface area (Å²) in [6.45, 7) is 6.21. The van der Waals surface area contributed by atoms with Crippen molar-refractivity contribution in [2.75, 3.05) is 0 Å². The van der Waals surface area contributed by atoms with Crippen molar-refractivity contribution in [2.24, 2.45) is 11.8 Å². The SMILES string of the molecule is CC.CC1CC2CCC2([O-])C1.[K+]. The van der Waals surface area contributed by atoms with Crippen molar-refractivity contribution in [3.8, 4) is 0 Å². The van der Waals surface area contributed by atoms with Crippen LogP contribution in [0.4, 0.5) is 0 Å². The first-order chi connectivity index (χ1) is 5.21. The van der Waals surface area contributed by atoms with Gasteiger partial charge >= 0.3 is 51.4 Å². The Morgan fingerprint density at radius 1 is 1.33 bits per heavy atom. The van der Waals surface area contributed by atoms with Gasteiger partial charge in [0.1, 0.15) is 0 Å². The molecule has 2 aliphatic rings. The fourth-order valence-corrected chi connectivity index (χ4v) is 2.43. The van der Waals surface area contributed by atoms with Crippen molar-refractivity contribution in [1.82, 2.24) is 0 Å². The van der Waals surface area contributed by atoms with Gasteiger partial charge in [-0.2, -0.15) is 0 Å². The van der Waals surface area contributed by atoms with Crippen LogP contribution in [0.5, 0.6) is 0 Å². The van der Waals surface area contributed by atoms with Crippen molar-refractivity contribution in [1.29, 1.82) is 0 Å². The maximum Gasteiger partial charge on any atom is 1.00 e. The quantitative estimate of drug-likeness (QED) is 0.452. The fourth-order valence-electron chi connectivity index (χ4n) is 2.43. The summed E-state index contributed by atoms with van der Waals surface area (Å²) in [5.74, 6) is 1.28. The van der Waals surface area contributed by atoms with Crippen molar-refractivity contribution < 1.29 is 56.5 Å². The van der Waals surface area contributed by atoms with Crippen LogP contribution in [0.1, 0.15) is 46.5 Å². The molecule has 2 heteroatoms. The molecule has 0 aromatic carbocycles. The van der Waals surface area contributed by atoms with Gasteiger partial charge < -0.3 is 5.11 Å². The fraction of sp³-hybridized carbons (Fsp3) is 1.00. The van der Waals surface area contributed by atoms with E-state index in [1.165, 1.54) is 12.8 Å². The van der Waals surface area contributed by atoms with Crippen molar-refractivity contribution >= 4 is 0 Å². The van der Waals surface area contributed by atoms with Crippen LogP contribution in [0.15, 0.2) is 0 Å². The number of hydrogen-bond acceptors (Lipinski definition) is 1. The molecule has 2 fully saturated rings. The maximum atomic E-state index is 11.5. The Labute approximate surface area is 119 Å². The van der Waals surface area contributed by atoms with Gasteiger partial charge in [0, 0.05) is 0 Å². The normalized spacial score (nSPS) is 43.0. The molecule has 2 saturated carbocycles. The van der Waals surface area contributed by atoms with Crippen LogP contribution in [0, 0.1) is 11.8 Å². The van der Waals surface area contributed by atoms with Crippen LogP contribution in [-0.4, -0.2) is 5.60 Å². The predicted octanol–water partition coefficient (Wildman–Crippen LogP) is -1.04. The first-order valence-corrected chi connectivity index (χ1v) is 4.91. The Morgan fingerprint density at radius 2 is 1.92 bits per heavy atom. The maximum absolute atomic E-state index is 11.5. The molecule has 0 radical (unpaired) electrons. The molecule has 0 bridgehead atoms. The van der Waals surface area contributed by atoms with E-state index in [0.29, 0.717) is 5.92 Å². The number of fused-ring (bicyclic) bond motifs is 1. The molecule has 2 aliphatic carbocycles. The first kappa shape index (κ1) is 13.6. The zero-order valence-electron chi connectivity index (χ0n) is 8.89. The molecule has 66 valence electrons. The zero-order chi connectivity index (χ0) is 8.48. The number of hydrogen-bond donors (Lipinski definition) is 0. The van der Waals surface area contributed by atoms with Crippen LogP contribution < -0.4 is 56.5 Å². The van der Waals surface area contributed by atoms with E-state index in [4.69, 9.17) is 0 Å². The van der Waals surface area contributed by atoms with Crippen molar-refractivity contribution in [2.45, 2.75) is 52.1 Å². The Kier molecular flexibility index (Phi) is 6.20. The molecule has 0 aromatic rings. The largest absolute Gasteiger partial charge is 1.00 e. The van der Waals surface area contributed by atoms with Crippen LogP contribution >= 0.6 is 0 Å². The molecule has 3 atom stereocenters. The third-order valence-electron chi connectivity index (χ3n) is 3.04. The van der Waals surface area contributed by atoms with Crippen molar-refractivity contribution in [3.63, 3.8) is 0 Å². The molecular weight excluding hydrogens is 175 g/mol. The molecule has 2 rings (SSSR count). The Morgan fingerprint density at radius 3 is 2.08 bits per heavy atom. The number of rotatable bonds is 0. The summed E-state index contributed by atoms with van der Waals surface area (Å²) in [5.41, 5.74) is -0.445. The minimum Gasteiger partial charge on any atom is -0.849 e. The van der Waals surface area contributed by atoms with Gasteiger partial charge in [0.05, 0.1) is 0 Å². The summed E-state index contributed by atoms with van der Waals surface area (Å²) >= 11 is 0. The molecule has 0 aromatic heterocycles. The second-order valence-electron chi connectivity index (χ2n) is 3.85. The van der Waals surface area contributed by atoms with Gasteiger partial charge in [-0.25, -0.2) is 0 Å². The van der Waals surface area contributed by atoms with Gasteiger partial charge in [-0.05, 0) is 12.3 Å². The van der Waals surface area contributed by atoms with Gasteiger partial charge in [-0.15, -0.1) is 5.60 Å². The summed E-state index contributed by atoms with van der Waals surface area (Å²) in [4.78, 5) is 0. The van der Waals surface area contributed by atoms with E-state index in [1.54, 1.807) is 0 Å². The van der Waals surface area contributed by atoms with E-state index >= 15 is 0 Å². The average molecular weight is 194 g/mol. The van der Waals surface area contributed by atoms with E-state index in [9.17, 15) is 5.11 Å². The monoisotopic (exact) mass is 194 g/mol. The van der Waals surface area contributed by atoms with Gasteiger partial charge in [0.15, 0.2) is 0 Å². The van der Waals surface area contributed by atoms with E-state index in [0.717, 1.165) is 18.8 Å². The summed E-state index contributed by atoms with van der Waals surface area (Å²) < 4.78 is 0. The van der Waals surface area contributed by atoms with Crippen LogP contribution in [0.25, 0.3) is 0 Å². The molecule has 12 heavy (non-hydrogen) atoms. The minimum absolute atomic E-state index is 0. The third kappa shape index (κ3) is 2.55. The Bertz CT molecular complexity index is 138. The van der Waals surface area contributed by atoms with E-state index < -0.39 is 5.60 Å². The Hall–Kier alpha value is 1.60. The van der Waals surface area contributed by atoms with Gasteiger partial charge in [0.2, 0.25) is 0 Å². The topological polar surface area (TPSA) is 23.1 Å². The predicted molar refractivity (Wildman–Crippen MR) is 45.2 cm³/mol. The van der Waals surface area contributed by atoms with Crippen LogP contribution in [0.3, 0.4) is 0 Å². The van der Waals surface area contributed by atoms with E-state index in [1.807, 2.05) is 13.8 Å². The van der Waals surface area contributed by atoms with E-state index in [-0.39, 0.29) is 51.4 Å². The molecule has 0 heterocycles. The molecule has 0 amide bonds. The standard InChI is InChI=1S/C8H13O.C2H6.K/c1-6-4-7-2-3-8(7,9)5-6;1-2;/h6-7H,2-5H2,1H3;1-2H3;/q-1;;+1. The summed E-state index contributed by atoms with van der Waals surface area (Å²) in [6, 6.07) is 0. The molecule has 0 aliphatic heterocycles. The average Bonchev–Trinajstić information content (AvgIpc) is 2.18. The second-order valence-corrected chi connectivity index (χ2v) is 3.85. The molecule has 0 N–H and O–H groups in total. The molecular formula is C10H19KO. The smallest absolute Gasteiger partial charge is 0.849 e. The zero-order valence-corrected chi connectivity index (χ0v) is 12.0. The van der Waals surface area contributed by atoms with Crippen LogP contribution in [-0.2, 0) is 0 Å². The molecule has 3 unspecified atom stereocenters. The summed E-state index contributed by atoms with van der Waals surface area (Å²) in [6.07, 6.45) is 4.34. The third-order valence-corrected chi connectivity index (χ3v) is 3.04. The summed E-state index contributed by atoms with van der Waals surface area (Å²) in [7, 11) is 0. The molecule has 0 saturated heterocycles. The second kappa shape index (κ2) is 5.47.